The van der Waals surface area contributed by atoms with Gasteiger partial charge in [-0.05, 0) is 37.3 Å². The number of amides is 1. The van der Waals surface area contributed by atoms with E-state index in [2.05, 4.69) is 4.98 Å². The highest BCUT2D eigenvalue weighted by atomic mass is 35.5. The van der Waals surface area contributed by atoms with Crippen LogP contribution in [-0.4, -0.2) is 22.0 Å². The first-order chi connectivity index (χ1) is 10.1. The number of aromatic nitrogens is 2. The number of hydrogen-bond donors (Lipinski definition) is 1. The van der Waals surface area contributed by atoms with Gasteiger partial charge in [0, 0.05) is 42.6 Å². The number of nitrogens with one attached hydrogen (secondary N) is 1. The fourth-order valence-electron chi connectivity index (χ4n) is 2.53. The van der Waals surface area contributed by atoms with E-state index in [9.17, 15) is 4.79 Å². The van der Waals surface area contributed by atoms with Crippen molar-refractivity contribution in [2.75, 3.05) is 11.4 Å². The third-order valence-electron chi connectivity index (χ3n) is 3.60. The lowest BCUT2D eigenvalue weighted by molar-refractivity contribution is 0.0980. The van der Waals surface area contributed by atoms with Crippen LogP contribution in [0.2, 0.25) is 5.02 Å². The summed E-state index contributed by atoms with van der Waals surface area (Å²) in [5.74, 6) is -0.0539. The highest BCUT2D eigenvalue weighted by Gasteiger charge is 2.19. The molecule has 21 heavy (non-hydrogen) atoms. The topological polar surface area (TPSA) is 41.0 Å². The average molecular weight is 302 g/mol. The molecule has 0 radical (unpaired) electrons. The molecular formula is C16H16ClN3O. The number of benzene rings is 1. The molecule has 0 unspecified atom stereocenters. The normalized spacial score (nSPS) is 11.0. The van der Waals surface area contributed by atoms with Gasteiger partial charge in [0.2, 0.25) is 0 Å². The van der Waals surface area contributed by atoms with Crippen LogP contribution >= 0.6 is 11.6 Å². The van der Waals surface area contributed by atoms with Gasteiger partial charge >= 0.3 is 0 Å². The summed E-state index contributed by atoms with van der Waals surface area (Å²) in [6.45, 7) is 2.56. The van der Waals surface area contributed by atoms with Gasteiger partial charge < -0.3 is 14.5 Å². The van der Waals surface area contributed by atoms with E-state index < -0.39 is 0 Å². The van der Waals surface area contributed by atoms with E-state index in [0.717, 1.165) is 16.6 Å². The van der Waals surface area contributed by atoms with E-state index in [4.69, 9.17) is 11.6 Å². The molecule has 2 heterocycles. The van der Waals surface area contributed by atoms with E-state index in [1.165, 1.54) is 0 Å². The number of anilines is 1. The molecule has 108 valence electrons. The number of nitrogens with zero attached hydrogens (tertiary/aromatic N) is 2. The molecule has 0 bridgehead atoms. The SMILES string of the molecule is CCN(C(=O)c1cc(Cl)cn1C)c1ccc2[nH]ccc2c1. The number of carbonyl (C=O) groups is 1. The van der Waals surface area contributed by atoms with Crippen molar-refractivity contribution in [2.45, 2.75) is 6.92 Å². The van der Waals surface area contributed by atoms with Crippen molar-refractivity contribution in [1.82, 2.24) is 9.55 Å². The minimum atomic E-state index is -0.0539. The van der Waals surface area contributed by atoms with Gasteiger partial charge in [-0.2, -0.15) is 0 Å². The van der Waals surface area contributed by atoms with Crippen molar-refractivity contribution in [3.05, 3.63) is 53.4 Å². The van der Waals surface area contributed by atoms with Gasteiger partial charge in [-0.1, -0.05) is 11.6 Å². The van der Waals surface area contributed by atoms with Gasteiger partial charge in [0.1, 0.15) is 5.69 Å². The summed E-state index contributed by atoms with van der Waals surface area (Å²) in [5, 5.41) is 1.65. The number of aryl methyl sites for hydroxylation is 1. The summed E-state index contributed by atoms with van der Waals surface area (Å²) < 4.78 is 1.75. The summed E-state index contributed by atoms with van der Waals surface area (Å²) in [6, 6.07) is 9.64. The minimum Gasteiger partial charge on any atom is -0.361 e. The molecule has 0 saturated carbocycles. The molecular weight excluding hydrogens is 286 g/mol. The molecule has 3 aromatic rings. The molecule has 0 aliphatic carbocycles. The van der Waals surface area contributed by atoms with Gasteiger partial charge in [-0.25, -0.2) is 0 Å². The lowest BCUT2D eigenvalue weighted by Gasteiger charge is -2.21. The Balaban J connectivity index is 2.00. The first-order valence-electron chi connectivity index (χ1n) is 6.81. The summed E-state index contributed by atoms with van der Waals surface area (Å²) in [4.78, 5) is 17.6. The Bertz CT molecular complexity index is 803. The van der Waals surface area contributed by atoms with Crippen LogP contribution in [0.15, 0.2) is 42.7 Å². The maximum atomic E-state index is 12.7. The molecule has 1 amide bonds. The molecule has 0 aliphatic heterocycles. The minimum absolute atomic E-state index is 0.0539. The number of aromatic amines is 1. The maximum Gasteiger partial charge on any atom is 0.274 e. The van der Waals surface area contributed by atoms with Gasteiger partial charge in [0.05, 0.1) is 5.02 Å². The molecule has 0 aliphatic rings. The number of H-pyrrole nitrogens is 1. The Kier molecular flexibility index (Phi) is 3.47. The molecule has 1 aromatic carbocycles. The molecule has 0 atom stereocenters. The van der Waals surface area contributed by atoms with Gasteiger partial charge in [0.15, 0.2) is 0 Å². The van der Waals surface area contributed by atoms with Gasteiger partial charge in [-0.15, -0.1) is 0 Å². The smallest absolute Gasteiger partial charge is 0.274 e. The van der Waals surface area contributed by atoms with Gasteiger partial charge in [-0.3, -0.25) is 4.79 Å². The highest BCUT2D eigenvalue weighted by molar-refractivity contribution is 6.31. The zero-order chi connectivity index (χ0) is 15.0. The Morgan fingerprint density at radius 3 is 2.81 bits per heavy atom. The predicted molar refractivity (Wildman–Crippen MR) is 86.1 cm³/mol. The first kappa shape index (κ1) is 13.8. The zero-order valence-electron chi connectivity index (χ0n) is 11.9. The van der Waals surface area contributed by atoms with Crippen molar-refractivity contribution in [3.8, 4) is 0 Å². The van der Waals surface area contributed by atoms with Crippen LogP contribution in [0, 0.1) is 0 Å². The molecule has 0 spiro atoms. The number of rotatable bonds is 3. The number of hydrogen-bond acceptors (Lipinski definition) is 1. The lowest BCUT2D eigenvalue weighted by atomic mass is 10.2. The summed E-state index contributed by atoms with van der Waals surface area (Å²) in [5.41, 5.74) is 2.52. The van der Waals surface area contributed by atoms with Crippen molar-refractivity contribution >= 4 is 34.1 Å². The second-order valence-electron chi connectivity index (χ2n) is 4.95. The number of carbonyl (C=O) groups excluding carboxylic acids is 1. The van der Waals surface area contributed by atoms with Crippen molar-refractivity contribution in [1.29, 1.82) is 0 Å². The van der Waals surface area contributed by atoms with Crippen LogP contribution < -0.4 is 4.90 Å². The summed E-state index contributed by atoms with van der Waals surface area (Å²) >= 11 is 5.97. The first-order valence-corrected chi connectivity index (χ1v) is 7.19. The van der Waals surface area contributed by atoms with E-state index >= 15 is 0 Å². The van der Waals surface area contributed by atoms with E-state index in [1.54, 1.807) is 21.7 Å². The van der Waals surface area contributed by atoms with Crippen molar-refractivity contribution in [3.63, 3.8) is 0 Å². The Morgan fingerprint density at radius 1 is 1.33 bits per heavy atom. The molecule has 1 N–H and O–H groups in total. The predicted octanol–water partition coefficient (Wildman–Crippen LogP) is 3.83. The summed E-state index contributed by atoms with van der Waals surface area (Å²) in [7, 11) is 1.82. The van der Waals surface area contributed by atoms with Crippen LogP contribution in [0.25, 0.3) is 10.9 Å². The van der Waals surface area contributed by atoms with E-state index in [0.29, 0.717) is 17.3 Å². The fraction of sp³-hybridized carbons (Fsp3) is 0.188. The van der Waals surface area contributed by atoms with Crippen LogP contribution in [0.1, 0.15) is 17.4 Å². The monoisotopic (exact) mass is 301 g/mol. The largest absolute Gasteiger partial charge is 0.361 e. The van der Waals surface area contributed by atoms with Crippen LogP contribution in [0.3, 0.4) is 0 Å². The van der Waals surface area contributed by atoms with Crippen molar-refractivity contribution < 1.29 is 4.79 Å². The lowest BCUT2D eigenvalue weighted by Crippen LogP contribution is -2.31. The Labute approximate surface area is 127 Å². The Morgan fingerprint density at radius 2 is 2.14 bits per heavy atom. The second kappa shape index (κ2) is 5.30. The van der Waals surface area contributed by atoms with E-state index in [1.807, 2.05) is 44.4 Å². The summed E-state index contributed by atoms with van der Waals surface area (Å²) in [6.07, 6.45) is 3.63. The molecule has 0 fully saturated rings. The van der Waals surface area contributed by atoms with Crippen LogP contribution in [0.5, 0.6) is 0 Å². The fourth-order valence-corrected chi connectivity index (χ4v) is 2.78. The average Bonchev–Trinajstić information content (AvgIpc) is 3.05. The van der Waals surface area contributed by atoms with Crippen LogP contribution in [0.4, 0.5) is 5.69 Å². The number of halogens is 1. The van der Waals surface area contributed by atoms with Crippen LogP contribution in [-0.2, 0) is 7.05 Å². The number of fused-ring (bicyclic) bond motifs is 1. The molecule has 0 saturated heterocycles. The standard InChI is InChI=1S/C16H16ClN3O/c1-3-20(16(21)15-9-12(17)10-19(15)2)13-4-5-14-11(8-13)6-7-18-14/h4-10,18H,3H2,1-2H3. The molecule has 5 heteroatoms. The molecule has 2 aromatic heterocycles. The molecule has 4 nitrogen and oxygen atoms in total. The third kappa shape index (κ3) is 2.43. The third-order valence-corrected chi connectivity index (χ3v) is 3.81. The second-order valence-corrected chi connectivity index (χ2v) is 5.39. The van der Waals surface area contributed by atoms with Gasteiger partial charge in [0.25, 0.3) is 5.91 Å². The maximum absolute atomic E-state index is 12.7. The van der Waals surface area contributed by atoms with Crippen molar-refractivity contribution in [2.24, 2.45) is 7.05 Å². The quantitative estimate of drug-likeness (QED) is 0.785. The molecule has 3 rings (SSSR count). The zero-order valence-corrected chi connectivity index (χ0v) is 12.7. The van der Waals surface area contributed by atoms with E-state index in [-0.39, 0.29) is 5.91 Å². The highest BCUT2D eigenvalue weighted by Crippen LogP contribution is 2.24. The Hall–Kier alpha value is -2.20.